The highest BCUT2D eigenvalue weighted by molar-refractivity contribution is 7.89. The van der Waals surface area contributed by atoms with Gasteiger partial charge in [0.25, 0.3) is 5.91 Å². The van der Waals surface area contributed by atoms with Crippen LogP contribution in [0.2, 0.25) is 0 Å². The summed E-state index contributed by atoms with van der Waals surface area (Å²) >= 11 is 0. The molecular weight excluding hydrogens is 454 g/mol. The van der Waals surface area contributed by atoms with Crippen molar-refractivity contribution < 1.29 is 22.4 Å². The van der Waals surface area contributed by atoms with E-state index in [1.165, 1.54) is 10.6 Å². The molecule has 0 aliphatic carbocycles. The molecule has 0 radical (unpaired) electrons. The summed E-state index contributed by atoms with van der Waals surface area (Å²) in [6.45, 7) is 1.27. The van der Waals surface area contributed by atoms with Crippen LogP contribution in [-0.4, -0.2) is 66.6 Å². The first kappa shape index (κ1) is 22.4. The predicted molar refractivity (Wildman–Crippen MR) is 124 cm³/mol. The highest BCUT2D eigenvalue weighted by Crippen LogP contribution is 2.27. The summed E-state index contributed by atoms with van der Waals surface area (Å²) in [6, 6.07) is 18.7. The number of amides is 2. The Morgan fingerprint density at radius 1 is 0.824 bits per heavy atom. The second kappa shape index (κ2) is 9.08. The molecule has 0 N–H and O–H groups in total. The van der Waals surface area contributed by atoms with E-state index in [2.05, 4.69) is 0 Å². The van der Waals surface area contributed by atoms with Gasteiger partial charge in [-0.05, 0) is 35.4 Å². The summed E-state index contributed by atoms with van der Waals surface area (Å²) in [4.78, 5) is 30.3. The van der Waals surface area contributed by atoms with E-state index in [0.29, 0.717) is 13.0 Å². The van der Waals surface area contributed by atoms with E-state index >= 15 is 0 Å². The van der Waals surface area contributed by atoms with E-state index < -0.39 is 16.1 Å². The number of carbonyl (C=O) groups is 2. The lowest BCUT2D eigenvalue weighted by Gasteiger charge is -2.40. The van der Waals surface area contributed by atoms with E-state index in [1.54, 1.807) is 52.3 Å². The predicted octanol–water partition coefficient (Wildman–Crippen LogP) is 2.38. The first-order valence-electron chi connectivity index (χ1n) is 11.2. The first-order valence-corrected chi connectivity index (χ1v) is 12.6. The minimum Gasteiger partial charge on any atom is -0.459 e. The molecule has 8 nitrogen and oxygen atoms in total. The Bertz CT molecular complexity index is 1280. The molecule has 2 aliphatic heterocycles. The Kier molecular flexibility index (Phi) is 5.97. The lowest BCUT2D eigenvalue weighted by molar-refractivity contribution is -0.137. The number of carbonyl (C=O) groups excluding carboxylic acids is 2. The number of fused-ring (bicyclic) bond motifs is 1. The molecule has 2 amide bonds. The molecule has 3 aromatic rings. The molecule has 9 heteroatoms. The van der Waals surface area contributed by atoms with Gasteiger partial charge in [-0.3, -0.25) is 9.59 Å². The fraction of sp³-hybridized carbons (Fsp3) is 0.280. The van der Waals surface area contributed by atoms with Crippen molar-refractivity contribution in [2.24, 2.45) is 0 Å². The average Bonchev–Trinajstić information content (AvgIpc) is 3.43. The quantitative estimate of drug-likeness (QED) is 0.573. The molecule has 1 aromatic heterocycles. The Balaban J connectivity index is 1.34. The van der Waals surface area contributed by atoms with Crippen molar-refractivity contribution in [2.75, 3.05) is 26.2 Å². The third-order valence-electron chi connectivity index (χ3n) is 6.46. The van der Waals surface area contributed by atoms with E-state index in [1.807, 2.05) is 24.3 Å². The van der Waals surface area contributed by atoms with Crippen LogP contribution in [0.4, 0.5) is 0 Å². The number of sulfonamides is 1. The van der Waals surface area contributed by atoms with Gasteiger partial charge in [0, 0.05) is 39.1 Å². The lowest BCUT2D eigenvalue weighted by Crippen LogP contribution is -2.58. The molecule has 2 aliphatic rings. The first-order chi connectivity index (χ1) is 16.4. The molecule has 1 fully saturated rings. The maximum absolute atomic E-state index is 13.6. The van der Waals surface area contributed by atoms with Gasteiger partial charge in [-0.1, -0.05) is 42.5 Å². The number of furan rings is 1. The Morgan fingerprint density at radius 2 is 1.50 bits per heavy atom. The normalized spacial score (nSPS) is 19.0. The fourth-order valence-corrected chi connectivity index (χ4v) is 6.04. The van der Waals surface area contributed by atoms with E-state index in [-0.39, 0.29) is 48.6 Å². The molecule has 5 rings (SSSR count). The van der Waals surface area contributed by atoms with Crippen LogP contribution >= 0.6 is 0 Å². The molecule has 0 unspecified atom stereocenters. The highest BCUT2D eigenvalue weighted by Gasteiger charge is 2.39. The third-order valence-corrected chi connectivity index (χ3v) is 8.37. The van der Waals surface area contributed by atoms with Gasteiger partial charge >= 0.3 is 0 Å². The molecule has 1 saturated heterocycles. The summed E-state index contributed by atoms with van der Waals surface area (Å²) in [5.74, 6) is -0.315. The highest BCUT2D eigenvalue weighted by atomic mass is 32.2. The second-order valence-corrected chi connectivity index (χ2v) is 10.4. The summed E-state index contributed by atoms with van der Waals surface area (Å²) in [7, 11) is -3.61. The van der Waals surface area contributed by atoms with Crippen LogP contribution in [0.3, 0.4) is 0 Å². The Labute approximate surface area is 198 Å². The monoisotopic (exact) mass is 479 g/mol. The number of hydrogen-bond acceptors (Lipinski definition) is 5. The summed E-state index contributed by atoms with van der Waals surface area (Å²) < 4.78 is 32.6. The number of hydrogen-bond donors (Lipinski definition) is 0. The van der Waals surface area contributed by atoms with Crippen molar-refractivity contribution in [1.29, 1.82) is 0 Å². The molecule has 176 valence electrons. The van der Waals surface area contributed by atoms with Gasteiger partial charge in [-0.2, -0.15) is 4.31 Å². The largest absolute Gasteiger partial charge is 0.459 e. The SMILES string of the molecule is O=C([C@H]1Cc2ccccc2CN1C(=O)c1ccco1)N1CCN(S(=O)(=O)c2ccccc2)CC1. The second-order valence-electron chi connectivity index (χ2n) is 8.44. The minimum atomic E-state index is -3.61. The van der Waals surface area contributed by atoms with Crippen LogP contribution in [0.1, 0.15) is 21.7 Å². The van der Waals surface area contributed by atoms with Gasteiger partial charge in [0.1, 0.15) is 6.04 Å². The van der Waals surface area contributed by atoms with E-state index in [0.717, 1.165) is 11.1 Å². The van der Waals surface area contributed by atoms with Gasteiger partial charge in [0.15, 0.2) is 5.76 Å². The maximum atomic E-state index is 13.6. The maximum Gasteiger partial charge on any atom is 0.290 e. The Hall–Kier alpha value is -3.43. The zero-order valence-electron chi connectivity index (χ0n) is 18.5. The van der Waals surface area contributed by atoms with Crippen LogP contribution in [0, 0.1) is 0 Å². The van der Waals surface area contributed by atoms with Gasteiger partial charge in [-0.15, -0.1) is 0 Å². The zero-order valence-corrected chi connectivity index (χ0v) is 19.4. The van der Waals surface area contributed by atoms with Crippen LogP contribution in [0.25, 0.3) is 0 Å². The van der Waals surface area contributed by atoms with E-state index in [4.69, 9.17) is 4.42 Å². The topological polar surface area (TPSA) is 91.1 Å². The van der Waals surface area contributed by atoms with Gasteiger partial charge in [0.2, 0.25) is 15.9 Å². The molecule has 34 heavy (non-hydrogen) atoms. The van der Waals surface area contributed by atoms with Gasteiger partial charge in [-0.25, -0.2) is 8.42 Å². The number of piperazine rings is 1. The lowest BCUT2D eigenvalue weighted by atomic mass is 9.92. The van der Waals surface area contributed by atoms with Crippen molar-refractivity contribution in [3.05, 3.63) is 89.9 Å². The molecular formula is C25H25N3O5S. The number of rotatable bonds is 4. The summed E-state index contributed by atoms with van der Waals surface area (Å²) in [5, 5.41) is 0. The van der Waals surface area contributed by atoms with Crippen LogP contribution in [-0.2, 0) is 27.8 Å². The fourth-order valence-electron chi connectivity index (χ4n) is 4.60. The van der Waals surface area contributed by atoms with Crippen molar-refractivity contribution in [3.63, 3.8) is 0 Å². The van der Waals surface area contributed by atoms with Crippen molar-refractivity contribution in [3.8, 4) is 0 Å². The van der Waals surface area contributed by atoms with Crippen molar-refractivity contribution in [2.45, 2.75) is 23.9 Å². The molecule has 0 saturated carbocycles. The molecule has 1 atom stereocenters. The molecule has 2 aromatic carbocycles. The van der Waals surface area contributed by atoms with Crippen LogP contribution in [0.5, 0.6) is 0 Å². The number of benzene rings is 2. The molecule has 3 heterocycles. The minimum absolute atomic E-state index is 0.175. The van der Waals surface area contributed by atoms with Crippen LogP contribution < -0.4 is 0 Å². The summed E-state index contributed by atoms with van der Waals surface area (Å²) in [6.07, 6.45) is 1.85. The van der Waals surface area contributed by atoms with Crippen LogP contribution in [0.15, 0.2) is 82.3 Å². The standard InChI is InChI=1S/C25H25N3O5S/c29-24(26-12-14-27(15-13-26)34(31,32)21-9-2-1-3-10-21)22-17-19-7-4-5-8-20(19)18-28(22)25(30)23-11-6-16-33-23/h1-11,16,22H,12-15,17-18H2/t22-/m1/s1. The van der Waals surface area contributed by atoms with Crippen molar-refractivity contribution >= 4 is 21.8 Å². The zero-order chi connectivity index (χ0) is 23.7. The average molecular weight is 480 g/mol. The molecule has 0 bridgehead atoms. The Morgan fingerprint density at radius 3 is 2.18 bits per heavy atom. The third kappa shape index (κ3) is 4.12. The number of nitrogens with zero attached hydrogens (tertiary/aromatic N) is 3. The summed E-state index contributed by atoms with van der Waals surface area (Å²) in [5.41, 5.74) is 2.04. The molecule has 0 spiro atoms. The van der Waals surface area contributed by atoms with Crippen molar-refractivity contribution in [1.82, 2.24) is 14.1 Å². The smallest absolute Gasteiger partial charge is 0.290 e. The van der Waals surface area contributed by atoms with Gasteiger partial charge in [0.05, 0.1) is 11.2 Å². The van der Waals surface area contributed by atoms with E-state index in [9.17, 15) is 18.0 Å². The van der Waals surface area contributed by atoms with Gasteiger partial charge < -0.3 is 14.2 Å².